The molecule has 0 radical (unpaired) electrons. The van der Waals surface area contributed by atoms with E-state index in [0.717, 1.165) is 4.47 Å². The molecule has 0 spiro atoms. The highest BCUT2D eigenvalue weighted by Gasteiger charge is 2.39. The fraction of sp³-hybridized carbons (Fsp3) is 0.125. The smallest absolute Gasteiger partial charge is 0.256 e. The maximum absolute atomic E-state index is 12.5. The first-order chi connectivity index (χ1) is 11.0. The lowest BCUT2D eigenvalue weighted by Crippen LogP contribution is -2.34. The van der Waals surface area contributed by atoms with E-state index in [2.05, 4.69) is 21.2 Å². The van der Waals surface area contributed by atoms with Crippen LogP contribution in [0.5, 0.6) is 0 Å². The summed E-state index contributed by atoms with van der Waals surface area (Å²) in [4.78, 5) is 25.9. The molecule has 1 saturated heterocycles. The van der Waals surface area contributed by atoms with Gasteiger partial charge in [-0.25, -0.2) is 4.90 Å². The molecule has 1 aliphatic rings. The summed E-state index contributed by atoms with van der Waals surface area (Å²) in [7, 11) is 0. The molecule has 2 amide bonds. The van der Waals surface area contributed by atoms with Gasteiger partial charge in [0.2, 0.25) is 5.91 Å². The summed E-state index contributed by atoms with van der Waals surface area (Å²) in [6.45, 7) is 0. The summed E-state index contributed by atoms with van der Waals surface area (Å²) >= 11 is 15.2. The van der Waals surface area contributed by atoms with Gasteiger partial charge in [-0.05, 0) is 42.5 Å². The minimum absolute atomic E-state index is 0.0924. The van der Waals surface area contributed by atoms with E-state index in [1.165, 1.54) is 4.90 Å². The third-order valence-corrected chi connectivity index (χ3v) is 4.76. The molecule has 0 bridgehead atoms. The van der Waals surface area contributed by atoms with Gasteiger partial charge in [-0.3, -0.25) is 9.59 Å². The Kier molecular flexibility index (Phi) is 4.62. The lowest BCUT2D eigenvalue weighted by molar-refractivity contribution is -0.121. The molecule has 3 rings (SSSR count). The van der Waals surface area contributed by atoms with Gasteiger partial charge in [-0.15, -0.1) is 0 Å². The molecule has 1 aliphatic heterocycles. The lowest BCUT2D eigenvalue weighted by Gasteiger charge is -2.16. The predicted octanol–water partition coefficient (Wildman–Crippen LogP) is 4.50. The second kappa shape index (κ2) is 6.51. The fourth-order valence-corrected chi connectivity index (χ4v) is 2.96. The zero-order valence-electron chi connectivity index (χ0n) is 11.7. The Morgan fingerprint density at radius 2 is 1.74 bits per heavy atom. The fourth-order valence-electron chi connectivity index (χ4n) is 2.39. The van der Waals surface area contributed by atoms with Crippen molar-refractivity contribution in [3.05, 3.63) is 57.0 Å². The molecule has 23 heavy (non-hydrogen) atoms. The molecule has 2 aromatic rings. The van der Waals surface area contributed by atoms with E-state index in [1.807, 2.05) is 0 Å². The topological polar surface area (TPSA) is 49.4 Å². The number of carbonyl (C=O) groups is 2. The van der Waals surface area contributed by atoms with Crippen molar-refractivity contribution in [1.82, 2.24) is 0 Å². The Morgan fingerprint density at radius 1 is 1.04 bits per heavy atom. The van der Waals surface area contributed by atoms with E-state index in [-0.39, 0.29) is 18.2 Å². The highest BCUT2D eigenvalue weighted by molar-refractivity contribution is 9.10. The Bertz CT molecular complexity index is 780. The van der Waals surface area contributed by atoms with Gasteiger partial charge in [0.05, 0.1) is 22.2 Å². The summed E-state index contributed by atoms with van der Waals surface area (Å²) in [6.07, 6.45) is 0.0924. The molecular weight excluding hydrogens is 403 g/mol. The number of hydrogen-bond acceptors (Lipinski definition) is 3. The Balaban J connectivity index is 1.80. The van der Waals surface area contributed by atoms with Crippen molar-refractivity contribution in [2.75, 3.05) is 10.2 Å². The number of hydrogen-bond donors (Lipinski definition) is 1. The summed E-state index contributed by atoms with van der Waals surface area (Å²) < 4.78 is 0.880. The molecule has 1 heterocycles. The Morgan fingerprint density at radius 3 is 2.39 bits per heavy atom. The quantitative estimate of drug-likeness (QED) is 0.753. The minimum Gasteiger partial charge on any atom is -0.373 e. The van der Waals surface area contributed by atoms with Crippen LogP contribution >= 0.6 is 39.1 Å². The van der Waals surface area contributed by atoms with Crippen LogP contribution in [-0.2, 0) is 9.59 Å². The standard InChI is InChI=1S/C16H11BrCl2N2O2/c17-9-1-4-11(5-2-9)21-15(22)8-14(16(21)23)20-10-3-6-12(18)13(19)7-10/h1-7,14,20H,8H2. The number of nitrogens with zero attached hydrogens (tertiary/aromatic N) is 1. The zero-order valence-corrected chi connectivity index (χ0v) is 14.8. The number of rotatable bonds is 3. The van der Waals surface area contributed by atoms with Gasteiger partial charge in [-0.1, -0.05) is 39.1 Å². The van der Waals surface area contributed by atoms with E-state index < -0.39 is 6.04 Å². The van der Waals surface area contributed by atoms with Gasteiger partial charge >= 0.3 is 0 Å². The summed E-state index contributed by atoms with van der Waals surface area (Å²) in [5.41, 5.74) is 1.20. The summed E-state index contributed by atoms with van der Waals surface area (Å²) in [5.74, 6) is -0.529. The van der Waals surface area contributed by atoms with Crippen LogP contribution in [0.1, 0.15) is 6.42 Å². The molecule has 1 N–H and O–H groups in total. The first-order valence-electron chi connectivity index (χ1n) is 6.79. The third-order valence-electron chi connectivity index (χ3n) is 3.49. The Labute approximate surface area is 151 Å². The van der Waals surface area contributed by atoms with Crippen LogP contribution in [0.4, 0.5) is 11.4 Å². The number of amides is 2. The van der Waals surface area contributed by atoms with Crippen molar-refractivity contribution in [3.63, 3.8) is 0 Å². The molecular formula is C16H11BrCl2N2O2. The zero-order chi connectivity index (χ0) is 16.6. The minimum atomic E-state index is -0.622. The second-order valence-corrected chi connectivity index (χ2v) is 6.80. The van der Waals surface area contributed by atoms with Crippen LogP contribution in [0, 0.1) is 0 Å². The summed E-state index contributed by atoms with van der Waals surface area (Å²) in [5, 5.41) is 3.86. The number of halogens is 3. The third kappa shape index (κ3) is 3.37. The van der Waals surface area contributed by atoms with Crippen LogP contribution in [-0.4, -0.2) is 17.9 Å². The maximum atomic E-state index is 12.5. The number of benzene rings is 2. The van der Waals surface area contributed by atoms with Crippen LogP contribution < -0.4 is 10.2 Å². The van der Waals surface area contributed by atoms with Crippen molar-refractivity contribution in [1.29, 1.82) is 0 Å². The molecule has 1 fully saturated rings. The van der Waals surface area contributed by atoms with E-state index in [4.69, 9.17) is 23.2 Å². The highest BCUT2D eigenvalue weighted by Crippen LogP contribution is 2.29. The normalized spacial score (nSPS) is 17.7. The van der Waals surface area contributed by atoms with Crippen molar-refractivity contribution >= 4 is 62.3 Å². The molecule has 7 heteroatoms. The maximum Gasteiger partial charge on any atom is 0.256 e. The first kappa shape index (κ1) is 16.3. The van der Waals surface area contributed by atoms with Crippen LogP contribution in [0.2, 0.25) is 10.0 Å². The molecule has 4 nitrogen and oxygen atoms in total. The predicted molar refractivity (Wildman–Crippen MR) is 95.1 cm³/mol. The molecule has 0 aliphatic carbocycles. The Hall–Kier alpha value is -1.56. The monoisotopic (exact) mass is 412 g/mol. The molecule has 1 atom stereocenters. The van der Waals surface area contributed by atoms with Gasteiger partial charge in [-0.2, -0.15) is 0 Å². The van der Waals surface area contributed by atoms with Crippen molar-refractivity contribution in [3.8, 4) is 0 Å². The molecule has 1 unspecified atom stereocenters. The van der Waals surface area contributed by atoms with Gasteiger partial charge in [0.25, 0.3) is 5.91 Å². The number of carbonyl (C=O) groups excluding carboxylic acids is 2. The van der Waals surface area contributed by atoms with E-state index >= 15 is 0 Å². The van der Waals surface area contributed by atoms with Crippen LogP contribution in [0.25, 0.3) is 0 Å². The second-order valence-electron chi connectivity index (χ2n) is 5.07. The lowest BCUT2D eigenvalue weighted by atomic mass is 10.2. The highest BCUT2D eigenvalue weighted by atomic mass is 79.9. The van der Waals surface area contributed by atoms with E-state index in [0.29, 0.717) is 21.4 Å². The number of imide groups is 1. The molecule has 0 saturated carbocycles. The number of nitrogens with one attached hydrogen (secondary N) is 1. The van der Waals surface area contributed by atoms with E-state index in [9.17, 15) is 9.59 Å². The summed E-state index contributed by atoms with van der Waals surface area (Å²) in [6, 6.07) is 11.4. The van der Waals surface area contributed by atoms with Gasteiger partial charge in [0.1, 0.15) is 6.04 Å². The van der Waals surface area contributed by atoms with E-state index in [1.54, 1.807) is 42.5 Å². The van der Waals surface area contributed by atoms with Crippen molar-refractivity contribution in [2.45, 2.75) is 12.5 Å². The SMILES string of the molecule is O=C1CC(Nc2ccc(Cl)c(Cl)c2)C(=O)N1c1ccc(Br)cc1. The molecule has 118 valence electrons. The molecule has 2 aromatic carbocycles. The number of anilines is 2. The first-order valence-corrected chi connectivity index (χ1v) is 8.34. The largest absolute Gasteiger partial charge is 0.373 e. The van der Waals surface area contributed by atoms with Gasteiger partial charge < -0.3 is 5.32 Å². The van der Waals surface area contributed by atoms with Crippen LogP contribution in [0.15, 0.2) is 46.9 Å². The van der Waals surface area contributed by atoms with Gasteiger partial charge in [0.15, 0.2) is 0 Å². The molecule has 0 aromatic heterocycles. The van der Waals surface area contributed by atoms with Gasteiger partial charge in [0, 0.05) is 10.2 Å². The van der Waals surface area contributed by atoms with Crippen molar-refractivity contribution < 1.29 is 9.59 Å². The average Bonchev–Trinajstić information content (AvgIpc) is 2.79. The van der Waals surface area contributed by atoms with Crippen LogP contribution in [0.3, 0.4) is 0 Å². The average molecular weight is 414 g/mol. The van der Waals surface area contributed by atoms with Crippen molar-refractivity contribution in [2.24, 2.45) is 0 Å².